The van der Waals surface area contributed by atoms with Crippen LogP contribution in [0.4, 0.5) is 14.5 Å². The fraction of sp³-hybridized carbons (Fsp3) is 0.350. The highest BCUT2D eigenvalue weighted by atomic mass is 19.1. The molecule has 1 aliphatic rings. The van der Waals surface area contributed by atoms with Crippen LogP contribution in [0.1, 0.15) is 13.8 Å². The van der Waals surface area contributed by atoms with E-state index in [4.69, 9.17) is 9.47 Å². The Morgan fingerprint density at radius 2 is 1.70 bits per heavy atom. The van der Waals surface area contributed by atoms with Crippen molar-refractivity contribution >= 4 is 16.6 Å². The molecule has 0 saturated carbocycles. The Bertz CT molecular complexity index is 962. The lowest BCUT2D eigenvalue weighted by atomic mass is 10.2. The van der Waals surface area contributed by atoms with Gasteiger partial charge >= 0.3 is 0 Å². The number of benzene rings is 2. The number of nitrogens with zero attached hydrogens (tertiary/aromatic N) is 3. The highest BCUT2D eigenvalue weighted by Crippen LogP contribution is 2.31. The molecule has 5 nitrogen and oxygen atoms in total. The summed E-state index contributed by atoms with van der Waals surface area (Å²) in [6, 6.07) is 8.94. The number of hydrogen-bond acceptors (Lipinski definition) is 4. The zero-order valence-electron chi connectivity index (χ0n) is 15.4. The summed E-state index contributed by atoms with van der Waals surface area (Å²) in [4.78, 5) is 2.27. The zero-order valence-corrected chi connectivity index (χ0v) is 15.4. The van der Waals surface area contributed by atoms with Crippen LogP contribution in [0.15, 0.2) is 36.5 Å². The molecule has 3 aromatic rings. The number of rotatable bonds is 3. The average molecular weight is 373 g/mol. The third kappa shape index (κ3) is 3.12. The van der Waals surface area contributed by atoms with Crippen molar-refractivity contribution in [2.45, 2.75) is 26.1 Å². The summed E-state index contributed by atoms with van der Waals surface area (Å²) in [5, 5.41) is 4.61. The fourth-order valence-corrected chi connectivity index (χ4v) is 3.68. The third-order valence-corrected chi connectivity index (χ3v) is 4.79. The van der Waals surface area contributed by atoms with Gasteiger partial charge in [-0.2, -0.15) is 5.10 Å². The molecule has 0 spiro atoms. The van der Waals surface area contributed by atoms with Crippen LogP contribution < -0.4 is 9.64 Å². The van der Waals surface area contributed by atoms with Crippen LogP contribution in [0, 0.1) is 11.6 Å². The van der Waals surface area contributed by atoms with Gasteiger partial charge in [0.1, 0.15) is 5.52 Å². The highest BCUT2D eigenvalue weighted by Gasteiger charge is 2.23. The molecule has 2 aromatic carbocycles. The molecule has 142 valence electrons. The number of hydrogen-bond donors (Lipinski definition) is 0. The summed E-state index contributed by atoms with van der Waals surface area (Å²) in [6.45, 7) is 5.75. The van der Waals surface area contributed by atoms with Crippen molar-refractivity contribution in [3.63, 3.8) is 0 Å². The Kier molecular flexibility index (Phi) is 4.47. The SMILES string of the molecule is COc1c(F)cc2cnn(-c3ccc(N4C[C@H](C)O[C@@H](C)C4)cc3)c2c1F. The van der Waals surface area contributed by atoms with E-state index >= 15 is 0 Å². The largest absolute Gasteiger partial charge is 0.491 e. The van der Waals surface area contributed by atoms with Crippen LogP contribution in [0.25, 0.3) is 16.6 Å². The van der Waals surface area contributed by atoms with Crippen molar-refractivity contribution in [3.8, 4) is 11.4 Å². The van der Waals surface area contributed by atoms with Crippen molar-refractivity contribution in [2.75, 3.05) is 25.1 Å². The normalized spacial score (nSPS) is 20.3. The van der Waals surface area contributed by atoms with E-state index in [1.165, 1.54) is 24.1 Å². The molecule has 0 bridgehead atoms. The Morgan fingerprint density at radius 1 is 1.07 bits per heavy atom. The van der Waals surface area contributed by atoms with E-state index in [2.05, 4.69) is 23.8 Å². The van der Waals surface area contributed by atoms with Crippen molar-refractivity contribution in [1.82, 2.24) is 9.78 Å². The first kappa shape index (κ1) is 17.7. The molecule has 0 aliphatic carbocycles. The molecule has 2 atom stereocenters. The number of methoxy groups -OCH3 is 1. The second-order valence-corrected chi connectivity index (χ2v) is 6.88. The van der Waals surface area contributed by atoms with Crippen molar-refractivity contribution < 1.29 is 18.3 Å². The van der Waals surface area contributed by atoms with E-state index in [0.29, 0.717) is 11.1 Å². The van der Waals surface area contributed by atoms with Gasteiger partial charge in [-0.15, -0.1) is 0 Å². The molecule has 1 fully saturated rings. The van der Waals surface area contributed by atoms with Crippen LogP contribution in [-0.2, 0) is 4.74 Å². The zero-order chi connectivity index (χ0) is 19.1. The first-order valence-corrected chi connectivity index (χ1v) is 8.88. The molecule has 27 heavy (non-hydrogen) atoms. The Labute approximate surface area is 156 Å². The average Bonchev–Trinajstić information content (AvgIpc) is 3.05. The summed E-state index contributed by atoms with van der Waals surface area (Å²) in [5.41, 5.74) is 1.95. The van der Waals surface area contributed by atoms with E-state index < -0.39 is 17.4 Å². The Hall–Kier alpha value is -2.67. The van der Waals surface area contributed by atoms with Gasteiger partial charge in [-0.25, -0.2) is 13.5 Å². The van der Waals surface area contributed by atoms with Gasteiger partial charge in [-0.05, 0) is 44.2 Å². The minimum Gasteiger partial charge on any atom is -0.491 e. The smallest absolute Gasteiger partial charge is 0.194 e. The number of fused-ring (bicyclic) bond motifs is 1. The number of ether oxygens (including phenoxy) is 2. The molecule has 7 heteroatoms. The van der Waals surface area contributed by atoms with Crippen LogP contribution in [0.5, 0.6) is 5.75 Å². The maximum Gasteiger partial charge on any atom is 0.194 e. The Morgan fingerprint density at radius 3 is 2.33 bits per heavy atom. The summed E-state index contributed by atoms with van der Waals surface area (Å²) in [6.07, 6.45) is 1.78. The molecular weight excluding hydrogens is 352 g/mol. The molecule has 0 radical (unpaired) electrons. The summed E-state index contributed by atoms with van der Waals surface area (Å²) in [7, 11) is 1.24. The van der Waals surface area contributed by atoms with Crippen LogP contribution in [-0.4, -0.2) is 42.2 Å². The minimum atomic E-state index is -0.759. The van der Waals surface area contributed by atoms with Crippen LogP contribution in [0.3, 0.4) is 0 Å². The summed E-state index contributed by atoms with van der Waals surface area (Å²) >= 11 is 0. The molecule has 1 saturated heterocycles. The van der Waals surface area contributed by atoms with Gasteiger partial charge in [0.2, 0.25) is 0 Å². The second kappa shape index (κ2) is 6.81. The number of aromatic nitrogens is 2. The predicted octanol–water partition coefficient (Wildman–Crippen LogP) is 3.93. The van der Waals surface area contributed by atoms with Gasteiger partial charge in [0.25, 0.3) is 0 Å². The maximum absolute atomic E-state index is 14.7. The van der Waals surface area contributed by atoms with Crippen LogP contribution in [0.2, 0.25) is 0 Å². The topological polar surface area (TPSA) is 39.5 Å². The number of anilines is 1. The molecule has 1 aliphatic heterocycles. The quantitative estimate of drug-likeness (QED) is 0.698. The lowest BCUT2D eigenvalue weighted by Gasteiger charge is -2.36. The van der Waals surface area contributed by atoms with Crippen molar-refractivity contribution in [2.24, 2.45) is 0 Å². The first-order chi connectivity index (χ1) is 13.0. The maximum atomic E-state index is 14.7. The molecule has 0 unspecified atom stereocenters. The van der Waals surface area contributed by atoms with E-state index in [1.54, 1.807) is 0 Å². The van der Waals surface area contributed by atoms with Crippen molar-refractivity contribution in [3.05, 3.63) is 48.2 Å². The van der Waals surface area contributed by atoms with Crippen molar-refractivity contribution in [1.29, 1.82) is 0 Å². The molecule has 2 heterocycles. The first-order valence-electron chi connectivity index (χ1n) is 8.88. The summed E-state index contributed by atoms with van der Waals surface area (Å²) < 4.78 is 40.7. The van der Waals surface area contributed by atoms with E-state index in [0.717, 1.165) is 18.8 Å². The standard InChI is InChI=1S/C20H21F2N3O2/c1-12-10-24(11-13(2)27-12)15-4-6-16(7-5-15)25-19-14(9-23-25)8-17(21)20(26-3)18(19)22/h4-9,12-13H,10-11H2,1-3H3/t12-,13-/m0/s1. The lowest BCUT2D eigenvalue weighted by molar-refractivity contribution is -0.00521. The fourth-order valence-electron chi connectivity index (χ4n) is 3.68. The van der Waals surface area contributed by atoms with E-state index in [9.17, 15) is 8.78 Å². The molecule has 0 amide bonds. The lowest BCUT2D eigenvalue weighted by Crippen LogP contribution is -2.45. The molecule has 0 N–H and O–H groups in total. The number of halogens is 2. The monoisotopic (exact) mass is 373 g/mol. The summed E-state index contributed by atoms with van der Waals surface area (Å²) in [5.74, 6) is -1.91. The van der Waals surface area contributed by atoms with E-state index in [1.807, 2.05) is 24.3 Å². The minimum absolute atomic E-state index is 0.167. The van der Waals surface area contributed by atoms with Gasteiger partial charge < -0.3 is 14.4 Å². The predicted molar refractivity (Wildman–Crippen MR) is 99.8 cm³/mol. The van der Waals surface area contributed by atoms with Crippen LogP contribution >= 0.6 is 0 Å². The molecule has 1 aromatic heterocycles. The second-order valence-electron chi connectivity index (χ2n) is 6.88. The van der Waals surface area contributed by atoms with Gasteiger partial charge in [0.05, 0.1) is 31.2 Å². The van der Waals surface area contributed by atoms with Gasteiger partial charge in [-0.1, -0.05) is 0 Å². The van der Waals surface area contributed by atoms with Gasteiger partial charge in [-0.3, -0.25) is 0 Å². The molecule has 4 rings (SSSR count). The highest BCUT2D eigenvalue weighted by molar-refractivity contribution is 5.83. The van der Waals surface area contributed by atoms with E-state index in [-0.39, 0.29) is 17.7 Å². The molecular formula is C20H21F2N3O2. The third-order valence-electron chi connectivity index (χ3n) is 4.79. The van der Waals surface area contributed by atoms with Gasteiger partial charge in [0.15, 0.2) is 17.4 Å². The Balaban J connectivity index is 1.70. The van der Waals surface area contributed by atoms with Gasteiger partial charge in [0, 0.05) is 24.2 Å². The number of morpholine rings is 1.